The molecule has 23 heavy (non-hydrogen) atoms. The van der Waals surface area contributed by atoms with Crippen molar-refractivity contribution in [3.63, 3.8) is 0 Å². The lowest BCUT2D eigenvalue weighted by molar-refractivity contribution is -0.120. The molecule has 7 nitrogen and oxygen atoms in total. The Morgan fingerprint density at radius 2 is 1.83 bits per heavy atom. The van der Waals surface area contributed by atoms with Crippen LogP contribution < -0.4 is 20.1 Å². The topological polar surface area (TPSA) is 85.9 Å². The maximum absolute atomic E-state index is 12.0. The number of amides is 2. The largest absolute Gasteiger partial charge is 0.493 e. The van der Waals surface area contributed by atoms with Crippen molar-refractivity contribution < 1.29 is 23.8 Å². The predicted octanol–water partition coefficient (Wildman–Crippen LogP) is 0.976. The Balaban J connectivity index is 2.40. The Hall–Kier alpha value is -2.28. The lowest BCUT2D eigenvalue weighted by Gasteiger charge is -2.10. The van der Waals surface area contributed by atoms with E-state index in [0.717, 1.165) is 6.42 Å². The van der Waals surface area contributed by atoms with Gasteiger partial charge in [0.2, 0.25) is 5.91 Å². The highest BCUT2D eigenvalue weighted by atomic mass is 16.5. The summed E-state index contributed by atoms with van der Waals surface area (Å²) < 4.78 is 15.4. The lowest BCUT2D eigenvalue weighted by Crippen LogP contribution is -2.37. The van der Waals surface area contributed by atoms with Crippen LogP contribution in [0.1, 0.15) is 23.7 Å². The first kappa shape index (κ1) is 18.8. The molecule has 1 rings (SSSR count). The molecule has 0 heterocycles. The third-order valence-electron chi connectivity index (χ3n) is 3.05. The van der Waals surface area contributed by atoms with Crippen LogP contribution >= 0.6 is 0 Å². The molecule has 0 radical (unpaired) electrons. The molecule has 0 bridgehead atoms. The minimum Gasteiger partial charge on any atom is -0.493 e. The molecule has 0 aliphatic carbocycles. The number of benzene rings is 1. The van der Waals surface area contributed by atoms with E-state index in [1.807, 2.05) is 6.92 Å². The Morgan fingerprint density at radius 1 is 1.09 bits per heavy atom. The summed E-state index contributed by atoms with van der Waals surface area (Å²) in [6.07, 6.45) is 0.739. The van der Waals surface area contributed by atoms with Crippen molar-refractivity contribution >= 4 is 11.8 Å². The minimum atomic E-state index is -0.351. The normalized spacial score (nSPS) is 10.0. The summed E-state index contributed by atoms with van der Waals surface area (Å²) >= 11 is 0. The molecule has 0 atom stereocenters. The number of methoxy groups -OCH3 is 2. The van der Waals surface area contributed by atoms with Gasteiger partial charge in [-0.3, -0.25) is 9.59 Å². The highest BCUT2D eigenvalue weighted by molar-refractivity contribution is 5.97. The first-order valence-electron chi connectivity index (χ1n) is 7.47. The molecule has 2 N–H and O–H groups in total. The van der Waals surface area contributed by atoms with Crippen LogP contribution in [0, 0.1) is 0 Å². The summed E-state index contributed by atoms with van der Waals surface area (Å²) in [5.41, 5.74) is 0.395. The predicted molar refractivity (Wildman–Crippen MR) is 86.0 cm³/mol. The van der Waals surface area contributed by atoms with Gasteiger partial charge in [0.15, 0.2) is 11.5 Å². The summed E-state index contributed by atoms with van der Waals surface area (Å²) in [4.78, 5) is 23.6. The molecule has 128 valence electrons. The molecule has 2 amide bonds. The number of rotatable bonds is 10. The number of carbonyl (C=O) groups is 2. The smallest absolute Gasteiger partial charge is 0.251 e. The number of carbonyl (C=O) groups excluding carboxylic acids is 2. The first-order chi connectivity index (χ1) is 11.1. The molecule has 0 unspecified atom stereocenters. The third-order valence-corrected chi connectivity index (χ3v) is 3.05. The lowest BCUT2D eigenvalue weighted by atomic mass is 10.2. The second kappa shape index (κ2) is 10.4. The number of ether oxygens (including phenoxy) is 3. The second-order valence-corrected chi connectivity index (χ2v) is 4.65. The van der Waals surface area contributed by atoms with E-state index in [1.54, 1.807) is 18.2 Å². The van der Waals surface area contributed by atoms with Gasteiger partial charge in [0.05, 0.1) is 20.8 Å². The summed E-state index contributed by atoms with van der Waals surface area (Å²) in [6, 6.07) is 4.81. The zero-order valence-electron chi connectivity index (χ0n) is 13.8. The van der Waals surface area contributed by atoms with Crippen LogP contribution in [0.2, 0.25) is 0 Å². The van der Waals surface area contributed by atoms with Crippen molar-refractivity contribution in [2.24, 2.45) is 0 Å². The summed E-state index contributed by atoms with van der Waals surface area (Å²) in [6.45, 7) is 3.62. The van der Waals surface area contributed by atoms with Gasteiger partial charge in [-0.1, -0.05) is 0 Å². The third kappa shape index (κ3) is 6.56. The molecular formula is C16H24N2O5. The van der Waals surface area contributed by atoms with Gasteiger partial charge in [-0.2, -0.15) is 0 Å². The van der Waals surface area contributed by atoms with Crippen LogP contribution in [-0.2, 0) is 9.53 Å². The Labute approximate surface area is 136 Å². The molecule has 0 saturated heterocycles. The monoisotopic (exact) mass is 324 g/mol. The number of nitrogens with one attached hydrogen (secondary N) is 2. The van der Waals surface area contributed by atoms with Crippen LogP contribution in [0.3, 0.4) is 0 Å². The second-order valence-electron chi connectivity index (χ2n) is 4.65. The van der Waals surface area contributed by atoms with Crippen LogP contribution in [0.4, 0.5) is 0 Å². The van der Waals surface area contributed by atoms with E-state index < -0.39 is 0 Å². The van der Waals surface area contributed by atoms with Gasteiger partial charge < -0.3 is 24.8 Å². The fourth-order valence-corrected chi connectivity index (χ4v) is 1.85. The summed E-state index contributed by atoms with van der Waals surface area (Å²) in [5.74, 6) is 0.405. The Bertz CT molecular complexity index is 519. The van der Waals surface area contributed by atoms with Crippen LogP contribution in [-0.4, -0.2) is 52.3 Å². The average Bonchev–Trinajstić information content (AvgIpc) is 2.58. The fourth-order valence-electron chi connectivity index (χ4n) is 1.85. The van der Waals surface area contributed by atoms with Gasteiger partial charge in [0, 0.05) is 25.3 Å². The summed E-state index contributed by atoms with van der Waals surface area (Å²) in [7, 11) is 3.02. The fraction of sp³-hybridized carbons (Fsp3) is 0.500. The van der Waals surface area contributed by atoms with Gasteiger partial charge >= 0.3 is 0 Å². The van der Waals surface area contributed by atoms with Crippen LogP contribution in [0.15, 0.2) is 18.2 Å². The van der Waals surface area contributed by atoms with Crippen molar-refractivity contribution in [2.45, 2.75) is 13.3 Å². The molecule has 0 aromatic heterocycles. The maximum atomic E-state index is 12.0. The Kier molecular flexibility index (Phi) is 8.52. The van der Waals surface area contributed by atoms with Gasteiger partial charge in [-0.15, -0.1) is 0 Å². The van der Waals surface area contributed by atoms with Crippen molar-refractivity contribution in [3.8, 4) is 11.5 Å². The highest BCUT2D eigenvalue weighted by Gasteiger charge is 2.11. The SMILES string of the molecule is CCOCCCNC(=O)CNC(=O)c1ccc(OC)c(OC)c1. The first-order valence-corrected chi connectivity index (χ1v) is 7.47. The van der Waals surface area contributed by atoms with E-state index in [0.29, 0.717) is 36.8 Å². The van der Waals surface area contributed by atoms with Crippen molar-refractivity contribution in [1.29, 1.82) is 0 Å². The quantitative estimate of drug-likeness (QED) is 0.627. The molecule has 7 heteroatoms. The molecule has 0 spiro atoms. The van der Waals surface area contributed by atoms with E-state index in [1.165, 1.54) is 14.2 Å². The van der Waals surface area contributed by atoms with Crippen LogP contribution in [0.25, 0.3) is 0 Å². The zero-order valence-corrected chi connectivity index (χ0v) is 13.8. The van der Waals surface area contributed by atoms with Crippen molar-refractivity contribution in [3.05, 3.63) is 23.8 Å². The van der Waals surface area contributed by atoms with Gasteiger partial charge in [-0.05, 0) is 31.5 Å². The zero-order chi connectivity index (χ0) is 17.1. The van der Waals surface area contributed by atoms with Crippen LogP contribution in [0.5, 0.6) is 11.5 Å². The van der Waals surface area contributed by atoms with E-state index in [2.05, 4.69) is 10.6 Å². The van der Waals surface area contributed by atoms with Gasteiger partial charge in [-0.25, -0.2) is 0 Å². The molecule has 1 aromatic rings. The van der Waals surface area contributed by atoms with E-state index in [4.69, 9.17) is 14.2 Å². The van der Waals surface area contributed by atoms with Crippen molar-refractivity contribution in [2.75, 3.05) is 40.5 Å². The van der Waals surface area contributed by atoms with E-state index in [-0.39, 0.29) is 18.4 Å². The number of hydrogen-bond donors (Lipinski definition) is 2. The maximum Gasteiger partial charge on any atom is 0.251 e. The van der Waals surface area contributed by atoms with E-state index >= 15 is 0 Å². The molecule has 0 aliphatic rings. The van der Waals surface area contributed by atoms with E-state index in [9.17, 15) is 9.59 Å². The molecule has 0 saturated carbocycles. The minimum absolute atomic E-state index is 0.0815. The Morgan fingerprint density at radius 3 is 2.48 bits per heavy atom. The standard InChI is InChI=1S/C16H24N2O5/c1-4-23-9-5-8-17-15(19)11-18-16(20)12-6-7-13(21-2)14(10-12)22-3/h6-7,10H,4-5,8-9,11H2,1-3H3,(H,17,19)(H,18,20). The van der Waals surface area contributed by atoms with Gasteiger partial charge in [0.1, 0.15) is 0 Å². The van der Waals surface area contributed by atoms with Crippen molar-refractivity contribution in [1.82, 2.24) is 10.6 Å². The molecule has 0 aliphatic heterocycles. The highest BCUT2D eigenvalue weighted by Crippen LogP contribution is 2.27. The molecule has 0 fully saturated rings. The average molecular weight is 324 g/mol. The molecule has 1 aromatic carbocycles. The number of hydrogen-bond acceptors (Lipinski definition) is 5. The van der Waals surface area contributed by atoms with Gasteiger partial charge in [0.25, 0.3) is 5.91 Å². The summed E-state index contributed by atoms with van der Waals surface area (Å²) in [5, 5.41) is 5.27. The molecular weight excluding hydrogens is 300 g/mol.